The standard InChI is InChI=1S/C17H27N3OS/c1-14-6-4-7-16(15(14)2)19-9-11-20(12-10-19)17(22)18-8-5-13-21-3/h4,6-7H,5,8-13H2,1-3H3,(H,18,22). The topological polar surface area (TPSA) is 27.7 Å². The summed E-state index contributed by atoms with van der Waals surface area (Å²) in [6, 6.07) is 6.54. The Morgan fingerprint density at radius 2 is 1.95 bits per heavy atom. The second-order valence-corrected chi connectivity index (χ2v) is 6.16. The Morgan fingerprint density at radius 3 is 2.64 bits per heavy atom. The molecule has 0 bridgehead atoms. The molecular weight excluding hydrogens is 294 g/mol. The SMILES string of the molecule is COCCCNC(=S)N1CCN(c2cccc(C)c2C)CC1. The van der Waals surface area contributed by atoms with Crippen LogP contribution in [0.15, 0.2) is 18.2 Å². The molecule has 0 unspecified atom stereocenters. The maximum absolute atomic E-state index is 5.48. The van der Waals surface area contributed by atoms with Crippen LogP contribution in [-0.4, -0.2) is 56.5 Å². The number of thiocarbonyl (C=S) groups is 1. The van der Waals surface area contributed by atoms with E-state index in [0.717, 1.165) is 50.9 Å². The molecule has 0 saturated carbocycles. The highest BCUT2D eigenvalue weighted by Gasteiger charge is 2.20. The molecule has 1 saturated heterocycles. The number of methoxy groups -OCH3 is 1. The minimum atomic E-state index is 0.774. The molecule has 1 N–H and O–H groups in total. The van der Waals surface area contributed by atoms with Crippen molar-refractivity contribution >= 4 is 23.0 Å². The summed E-state index contributed by atoms with van der Waals surface area (Å²) < 4.78 is 5.05. The third-order valence-electron chi connectivity index (χ3n) is 4.29. The van der Waals surface area contributed by atoms with E-state index in [1.54, 1.807) is 7.11 Å². The molecule has 0 amide bonds. The zero-order valence-electron chi connectivity index (χ0n) is 13.9. The molecule has 1 aromatic carbocycles. The van der Waals surface area contributed by atoms with Gasteiger partial charge in [-0.1, -0.05) is 12.1 Å². The molecule has 0 spiro atoms. The summed E-state index contributed by atoms with van der Waals surface area (Å²) >= 11 is 5.48. The molecule has 1 fully saturated rings. The van der Waals surface area contributed by atoms with Gasteiger partial charge >= 0.3 is 0 Å². The number of hydrogen-bond donors (Lipinski definition) is 1. The highest BCUT2D eigenvalue weighted by molar-refractivity contribution is 7.80. The number of anilines is 1. The molecule has 5 heteroatoms. The van der Waals surface area contributed by atoms with Gasteiger partial charge in [-0.05, 0) is 49.7 Å². The molecule has 1 heterocycles. The quantitative estimate of drug-likeness (QED) is 0.664. The van der Waals surface area contributed by atoms with Crippen LogP contribution in [0.4, 0.5) is 5.69 Å². The van der Waals surface area contributed by atoms with Crippen LogP contribution >= 0.6 is 12.2 Å². The van der Waals surface area contributed by atoms with Gasteiger partial charge in [-0.15, -0.1) is 0 Å². The van der Waals surface area contributed by atoms with Crippen LogP contribution in [-0.2, 0) is 4.74 Å². The van der Waals surface area contributed by atoms with E-state index in [1.807, 2.05) is 0 Å². The second kappa shape index (κ2) is 8.34. The van der Waals surface area contributed by atoms with Gasteiger partial charge < -0.3 is 19.9 Å². The third-order valence-corrected chi connectivity index (χ3v) is 4.69. The summed E-state index contributed by atoms with van der Waals surface area (Å²) in [5.74, 6) is 0. The fourth-order valence-electron chi connectivity index (χ4n) is 2.75. The van der Waals surface area contributed by atoms with Crippen molar-refractivity contribution in [2.45, 2.75) is 20.3 Å². The molecule has 1 aliphatic heterocycles. The molecule has 1 aliphatic rings. The van der Waals surface area contributed by atoms with E-state index in [4.69, 9.17) is 17.0 Å². The summed E-state index contributed by atoms with van der Waals surface area (Å²) in [7, 11) is 1.73. The summed E-state index contributed by atoms with van der Waals surface area (Å²) in [5, 5.41) is 4.19. The lowest BCUT2D eigenvalue weighted by Crippen LogP contribution is -2.52. The van der Waals surface area contributed by atoms with Gasteiger partial charge in [0, 0.05) is 52.1 Å². The van der Waals surface area contributed by atoms with Crippen LogP contribution < -0.4 is 10.2 Å². The number of rotatable bonds is 5. The minimum absolute atomic E-state index is 0.774. The van der Waals surface area contributed by atoms with Gasteiger partial charge in [0.2, 0.25) is 0 Å². The monoisotopic (exact) mass is 321 g/mol. The third kappa shape index (κ3) is 4.34. The maximum Gasteiger partial charge on any atom is 0.169 e. The number of hydrogen-bond acceptors (Lipinski definition) is 3. The Kier molecular flexibility index (Phi) is 6.46. The van der Waals surface area contributed by atoms with Crippen LogP contribution in [0.3, 0.4) is 0 Å². The Balaban J connectivity index is 1.82. The predicted octanol–water partition coefficient (Wildman–Crippen LogP) is 2.34. The normalized spacial score (nSPS) is 15.0. The summed E-state index contributed by atoms with van der Waals surface area (Å²) in [6.45, 7) is 10.0. The average Bonchev–Trinajstić information content (AvgIpc) is 2.54. The number of nitrogens with one attached hydrogen (secondary N) is 1. The molecule has 22 heavy (non-hydrogen) atoms. The van der Waals surface area contributed by atoms with Crippen molar-refractivity contribution in [3.05, 3.63) is 29.3 Å². The van der Waals surface area contributed by atoms with Crippen molar-refractivity contribution in [1.82, 2.24) is 10.2 Å². The van der Waals surface area contributed by atoms with Crippen molar-refractivity contribution in [3.63, 3.8) is 0 Å². The van der Waals surface area contributed by atoms with E-state index in [1.165, 1.54) is 16.8 Å². The molecule has 2 rings (SSSR count). The lowest BCUT2D eigenvalue weighted by atomic mass is 10.1. The first kappa shape index (κ1) is 17.0. The predicted molar refractivity (Wildman–Crippen MR) is 96.8 cm³/mol. The van der Waals surface area contributed by atoms with Gasteiger partial charge in [0.15, 0.2) is 5.11 Å². The van der Waals surface area contributed by atoms with Crippen molar-refractivity contribution in [1.29, 1.82) is 0 Å². The van der Waals surface area contributed by atoms with E-state index >= 15 is 0 Å². The molecule has 4 nitrogen and oxygen atoms in total. The highest BCUT2D eigenvalue weighted by atomic mass is 32.1. The molecule has 0 aliphatic carbocycles. The fraction of sp³-hybridized carbons (Fsp3) is 0.588. The first-order valence-electron chi connectivity index (χ1n) is 7.96. The fourth-order valence-corrected chi connectivity index (χ4v) is 3.04. The number of aryl methyl sites for hydroxylation is 1. The van der Waals surface area contributed by atoms with Crippen LogP contribution in [0, 0.1) is 13.8 Å². The molecular formula is C17H27N3OS. The molecule has 122 valence electrons. The van der Waals surface area contributed by atoms with E-state index in [0.29, 0.717) is 0 Å². The Labute approximate surface area is 139 Å². The second-order valence-electron chi connectivity index (χ2n) is 5.77. The highest BCUT2D eigenvalue weighted by Crippen LogP contribution is 2.23. The number of ether oxygens (including phenoxy) is 1. The smallest absolute Gasteiger partial charge is 0.169 e. The summed E-state index contributed by atoms with van der Waals surface area (Å²) in [6.07, 6.45) is 0.985. The first-order chi connectivity index (χ1) is 10.6. The van der Waals surface area contributed by atoms with Crippen LogP contribution in [0.5, 0.6) is 0 Å². The van der Waals surface area contributed by atoms with Gasteiger partial charge in [0.05, 0.1) is 0 Å². The van der Waals surface area contributed by atoms with Gasteiger partial charge in [-0.25, -0.2) is 0 Å². The van der Waals surface area contributed by atoms with Crippen molar-refractivity contribution in [2.75, 3.05) is 51.3 Å². The van der Waals surface area contributed by atoms with E-state index in [9.17, 15) is 0 Å². The zero-order valence-corrected chi connectivity index (χ0v) is 14.7. The molecule has 1 aromatic rings. The Hall–Kier alpha value is -1.33. The first-order valence-corrected chi connectivity index (χ1v) is 8.37. The summed E-state index contributed by atoms with van der Waals surface area (Å²) in [5.41, 5.74) is 4.10. The molecule has 0 radical (unpaired) electrons. The van der Waals surface area contributed by atoms with Gasteiger partial charge in [0.1, 0.15) is 0 Å². The number of piperazine rings is 1. The summed E-state index contributed by atoms with van der Waals surface area (Å²) in [4.78, 5) is 4.73. The lowest BCUT2D eigenvalue weighted by molar-refractivity contribution is 0.195. The largest absolute Gasteiger partial charge is 0.385 e. The molecule has 0 atom stereocenters. The van der Waals surface area contributed by atoms with Crippen molar-refractivity contribution in [3.8, 4) is 0 Å². The van der Waals surface area contributed by atoms with E-state index < -0.39 is 0 Å². The minimum Gasteiger partial charge on any atom is -0.385 e. The van der Waals surface area contributed by atoms with Crippen LogP contribution in [0.1, 0.15) is 17.5 Å². The van der Waals surface area contributed by atoms with Crippen LogP contribution in [0.25, 0.3) is 0 Å². The van der Waals surface area contributed by atoms with Crippen molar-refractivity contribution in [2.24, 2.45) is 0 Å². The van der Waals surface area contributed by atoms with E-state index in [-0.39, 0.29) is 0 Å². The van der Waals surface area contributed by atoms with Gasteiger partial charge in [-0.2, -0.15) is 0 Å². The Bertz CT molecular complexity index is 499. The Morgan fingerprint density at radius 1 is 1.23 bits per heavy atom. The van der Waals surface area contributed by atoms with Gasteiger partial charge in [0.25, 0.3) is 0 Å². The van der Waals surface area contributed by atoms with Crippen LogP contribution in [0.2, 0.25) is 0 Å². The van der Waals surface area contributed by atoms with E-state index in [2.05, 4.69) is 47.2 Å². The molecule has 0 aromatic heterocycles. The zero-order chi connectivity index (χ0) is 15.9. The van der Waals surface area contributed by atoms with Crippen molar-refractivity contribution < 1.29 is 4.74 Å². The number of nitrogens with zero attached hydrogens (tertiary/aromatic N) is 2. The van der Waals surface area contributed by atoms with Gasteiger partial charge in [-0.3, -0.25) is 0 Å². The number of benzene rings is 1. The lowest BCUT2D eigenvalue weighted by Gasteiger charge is -2.38. The maximum atomic E-state index is 5.48. The average molecular weight is 321 g/mol.